The molecule has 144 valence electrons. The quantitative estimate of drug-likeness (QED) is 0.711. The second-order valence-electron chi connectivity index (χ2n) is 7.24. The number of ether oxygens (including phenoxy) is 2. The van der Waals surface area contributed by atoms with Gasteiger partial charge in [0.25, 0.3) is 0 Å². The summed E-state index contributed by atoms with van der Waals surface area (Å²) in [4.78, 5) is 13.3. The first-order valence-electron chi connectivity index (χ1n) is 9.83. The molecule has 1 heterocycles. The van der Waals surface area contributed by atoms with Crippen molar-refractivity contribution >= 4 is 11.6 Å². The smallest absolute Gasteiger partial charge is 0.235 e. The minimum atomic E-state index is -0.539. The van der Waals surface area contributed by atoms with E-state index in [-0.39, 0.29) is 5.91 Å². The normalized spacial score (nSPS) is 15.9. The number of hydrogen-bond acceptors (Lipinski definition) is 3. The predicted molar refractivity (Wildman–Crippen MR) is 108 cm³/mol. The molecule has 4 heteroatoms. The molecule has 1 amide bonds. The van der Waals surface area contributed by atoms with Crippen LogP contribution < -0.4 is 10.1 Å². The minimum Gasteiger partial charge on any atom is -0.494 e. The Labute approximate surface area is 161 Å². The molecule has 2 aromatic carbocycles. The molecule has 0 unspecified atom stereocenters. The number of carbonyl (C=O) groups is 1. The van der Waals surface area contributed by atoms with Crippen molar-refractivity contribution in [1.82, 2.24) is 0 Å². The fourth-order valence-corrected chi connectivity index (χ4v) is 3.46. The molecule has 1 aliphatic heterocycles. The average Bonchev–Trinajstić information content (AvgIpc) is 2.70. The maximum absolute atomic E-state index is 13.3. The van der Waals surface area contributed by atoms with E-state index in [1.807, 2.05) is 24.3 Å². The molecule has 1 fully saturated rings. The third kappa shape index (κ3) is 4.69. The van der Waals surface area contributed by atoms with Gasteiger partial charge >= 0.3 is 0 Å². The standard InChI is InChI=1S/C23H29NO3/c1-3-4-15-27-21-11-9-20(10-12-21)24-22(25)23(13-16-26-17-14-23)19-7-5-18(2)6-8-19/h5-12H,3-4,13-17H2,1-2H3,(H,24,25). The summed E-state index contributed by atoms with van der Waals surface area (Å²) in [5.74, 6) is 0.870. The van der Waals surface area contributed by atoms with Crippen LogP contribution in [0.2, 0.25) is 0 Å². The summed E-state index contributed by atoms with van der Waals surface area (Å²) in [6, 6.07) is 15.9. The Bertz CT molecular complexity index is 731. The second kappa shape index (κ2) is 9.05. The van der Waals surface area contributed by atoms with Crippen LogP contribution >= 0.6 is 0 Å². The van der Waals surface area contributed by atoms with Crippen molar-refractivity contribution in [2.45, 2.75) is 44.9 Å². The molecule has 0 aliphatic carbocycles. The topological polar surface area (TPSA) is 47.6 Å². The van der Waals surface area contributed by atoms with Crippen molar-refractivity contribution in [1.29, 1.82) is 0 Å². The lowest BCUT2D eigenvalue weighted by Crippen LogP contribution is -2.44. The van der Waals surface area contributed by atoms with Crippen LogP contribution in [0.25, 0.3) is 0 Å². The van der Waals surface area contributed by atoms with E-state index in [4.69, 9.17) is 9.47 Å². The monoisotopic (exact) mass is 367 g/mol. The largest absolute Gasteiger partial charge is 0.494 e. The van der Waals surface area contributed by atoms with Gasteiger partial charge in [-0.3, -0.25) is 4.79 Å². The summed E-state index contributed by atoms with van der Waals surface area (Å²) in [5, 5.41) is 3.11. The van der Waals surface area contributed by atoms with Crippen LogP contribution in [-0.2, 0) is 14.9 Å². The number of carbonyl (C=O) groups excluding carboxylic acids is 1. The van der Waals surface area contributed by atoms with Gasteiger partial charge in [0.05, 0.1) is 12.0 Å². The maximum atomic E-state index is 13.3. The zero-order chi connectivity index (χ0) is 19.1. The SMILES string of the molecule is CCCCOc1ccc(NC(=O)C2(c3ccc(C)cc3)CCOCC2)cc1. The van der Waals surface area contributed by atoms with Crippen LogP contribution in [0, 0.1) is 6.92 Å². The van der Waals surface area contributed by atoms with Crippen LogP contribution in [0.3, 0.4) is 0 Å². The van der Waals surface area contributed by atoms with Crippen molar-refractivity contribution in [3.8, 4) is 5.75 Å². The Morgan fingerprint density at radius 1 is 1.07 bits per heavy atom. The van der Waals surface area contributed by atoms with E-state index in [2.05, 4.69) is 43.4 Å². The van der Waals surface area contributed by atoms with Gasteiger partial charge in [-0.15, -0.1) is 0 Å². The number of aryl methyl sites for hydroxylation is 1. The maximum Gasteiger partial charge on any atom is 0.235 e. The van der Waals surface area contributed by atoms with E-state index in [1.54, 1.807) is 0 Å². The molecule has 0 aromatic heterocycles. The average molecular weight is 367 g/mol. The van der Waals surface area contributed by atoms with E-state index in [1.165, 1.54) is 5.56 Å². The molecule has 2 aromatic rings. The number of rotatable bonds is 7. The number of hydrogen-bond donors (Lipinski definition) is 1. The van der Waals surface area contributed by atoms with Gasteiger partial charge in [0.15, 0.2) is 0 Å². The molecule has 1 aliphatic rings. The van der Waals surface area contributed by atoms with Gasteiger partial charge in [0, 0.05) is 18.9 Å². The highest BCUT2D eigenvalue weighted by Crippen LogP contribution is 2.36. The molecule has 1 saturated heterocycles. The van der Waals surface area contributed by atoms with Gasteiger partial charge in [-0.25, -0.2) is 0 Å². The van der Waals surface area contributed by atoms with Gasteiger partial charge in [-0.2, -0.15) is 0 Å². The third-order valence-electron chi connectivity index (χ3n) is 5.26. The Balaban J connectivity index is 1.74. The van der Waals surface area contributed by atoms with Crippen LogP contribution in [0.5, 0.6) is 5.75 Å². The number of nitrogens with one attached hydrogen (secondary N) is 1. The molecule has 0 radical (unpaired) electrons. The van der Waals surface area contributed by atoms with Gasteiger partial charge < -0.3 is 14.8 Å². The Morgan fingerprint density at radius 3 is 2.37 bits per heavy atom. The Kier molecular flexibility index (Phi) is 6.51. The highest BCUT2D eigenvalue weighted by Gasteiger charge is 2.41. The summed E-state index contributed by atoms with van der Waals surface area (Å²) >= 11 is 0. The molecule has 0 saturated carbocycles. The van der Waals surface area contributed by atoms with Crippen LogP contribution in [0.1, 0.15) is 43.7 Å². The fourth-order valence-electron chi connectivity index (χ4n) is 3.46. The first kappa shape index (κ1) is 19.4. The van der Waals surface area contributed by atoms with Gasteiger partial charge in [0.1, 0.15) is 5.75 Å². The van der Waals surface area contributed by atoms with Crippen molar-refractivity contribution in [2.24, 2.45) is 0 Å². The highest BCUT2D eigenvalue weighted by molar-refractivity contribution is 5.99. The minimum absolute atomic E-state index is 0.0364. The first-order chi connectivity index (χ1) is 13.1. The van der Waals surface area contributed by atoms with Crippen LogP contribution in [0.15, 0.2) is 48.5 Å². The lowest BCUT2D eigenvalue weighted by Gasteiger charge is -2.36. The Morgan fingerprint density at radius 2 is 1.74 bits per heavy atom. The number of anilines is 1. The third-order valence-corrected chi connectivity index (χ3v) is 5.26. The van der Waals surface area contributed by atoms with Crippen molar-refractivity contribution in [2.75, 3.05) is 25.1 Å². The zero-order valence-corrected chi connectivity index (χ0v) is 16.3. The van der Waals surface area contributed by atoms with Gasteiger partial charge in [-0.1, -0.05) is 43.2 Å². The van der Waals surface area contributed by atoms with E-state index in [0.29, 0.717) is 26.1 Å². The molecule has 0 spiro atoms. The zero-order valence-electron chi connectivity index (χ0n) is 16.3. The van der Waals surface area contributed by atoms with Crippen molar-refractivity contribution < 1.29 is 14.3 Å². The molecule has 1 N–H and O–H groups in total. The molecular formula is C23H29NO3. The number of amides is 1. The molecule has 4 nitrogen and oxygen atoms in total. The lowest BCUT2D eigenvalue weighted by molar-refractivity contribution is -0.125. The van der Waals surface area contributed by atoms with Crippen molar-refractivity contribution in [3.63, 3.8) is 0 Å². The van der Waals surface area contributed by atoms with Gasteiger partial charge in [0.2, 0.25) is 5.91 Å². The first-order valence-corrected chi connectivity index (χ1v) is 9.83. The molecule has 0 atom stereocenters. The Hall–Kier alpha value is -2.33. The van der Waals surface area contributed by atoms with E-state index >= 15 is 0 Å². The summed E-state index contributed by atoms with van der Waals surface area (Å²) < 4.78 is 11.2. The lowest BCUT2D eigenvalue weighted by atomic mass is 9.73. The van der Waals surface area contributed by atoms with E-state index in [9.17, 15) is 4.79 Å². The second-order valence-corrected chi connectivity index (χ2v) is 7.24. The number of unbranched alkanes of at least 4 members (excludes halogenated alkanes) is 1. The molecular weight excluding hydrogens is 338 g/mol. The summed E-state index contributed by atoms with van der Waals surface area (Å²) in [7, 11) is 0. The summed E-state index contributed by atoms with van der Waals surface area (Å²) in [5.41, 5.74) is 2.51. The van der Waals surface area contributed by atoms with E-state index in [0.717, 1.165) is 36.4 Å². The van der Waals surface area contributed by atoms with Crippen LogP contribution in [0.4, 0.5) is 5.69 Å². The molecule has 0 bridgehead atoms. The summed E-state index contributed by atoms with van der Waals surface area (Å²) in [6.07, 6.45) is 3.54. The molecule has 3 rings (SSSR count). The van der Waals surface area contributed by atoms with Gasteiger partial charge in [-0.05, 0) is 56.0 Å². The van der Waals surface area contributed by atoms with Crippen molar-refractivity contribution in [3.05, 3.63) is 59.7 Å². The van der Waals surface area contributed by atoms with Crippen LogP contribution in [-0.4, -0.2) is 25.7 Å². The molecule has 27 heavy (non-hydrogen) atoms. The summed E-state index contributed by atoms with van der Waals surface area (Å²) in [6.45, 7) is 6.13. The predicted octanol–water partition coefficient (Wildman–Crippen LogP) is 4.86. The number of benzene rings is 2. The van der Waals surface area contributed by atoms with E-state index < -0.39 is 5.41 Å². The highest BCUT2D eigenvalue weighted by atomic mass is 16.5. The fraction of sp³-hybridized carbons (Fsp3) is 0.435.